The van der Waals surface area contributed by atoms with Crippen LogP contribution in [0.5, 0.6) is 0 Å². The van der Waals surface area contributed by atoms with Crippen LogP contribution in [0.4, 0.5) is 0 Å². The van der Waals surface area contributed by atoms with Crippen LogP contribution in [0.25, 0.3) is 0 Å². The van der Waals surface area contributed by atoms with Crippen molar-refractivity contribution in [1.82, 2.24) is 5.32 Å². The molecular formula is C16H25NO. The van der Waals surface area contributed by atoms with Gasteiger partial charge in [-0.1, -0.05) is 12.1 Å². The molecule has 0 bridgehead atoms. The quantitative estimate of drug-likeness (QED) is 0.856. The first-order valence-corrected chi connectivity index (χ1v) is 6.95. The maximum absolute atomic E-state index is 10.1. The van der Waals surface area contributed by atoms with Gasteiger partial charge in [0, 0.05) is 12.6 Å². The highest BCUT2D eigenvalue weighted by molar-refractivity contribution is 5.38. The van der Waals surface area contributed by atoms with Crippen LogP contribution in [0.2, 0.25) is 0 Å². The van der Waals surface area contributed by atoms with Gasteiger partial charge in [0.05, 0.1) is 5.60 Å². The van der Waals surface area contributed by atoms with Gasteiger partial charge in [-0.3, -0.25) is 0 Å². The molecule has 1 aromatic carbocycles. The van der Waals surface area contributed by atoms with Gasteiger partial charge in [0.1, 0.15) is 0 Å². The molecule has 0 heterocycles. The molecular weight excluding hydrogens is 222 g/mol. The molecule has 0 amide bonds. The molecule has 1 fully saturated rings. The lowest BCUT2D eigenvalue weighted by molar-refractivity contribution is -0.0329. The van der Waals surface area contributed by atoms with E-state index in [0.717, 1.165) is 19.3 Å². The van der Waals surface area contributed by atoms with Crippen LogP contribution in [-0.2, 0) is 0 Å². The summed E-state index contributed by atoms with van der Waals surface area (Å²) in [6.45, 7) is 9.36. The monoisotopic (exact) mass is 247 g/mol. The predicted octanol–water partition coefficient (Wildman–Crippen LogP) is 3.18. The highest BCUT2D eigenvalue weighted by Gasteiger charge is 2.34. The van der Waals surface area contributed by atoms with Crippen molar-refractivity contribution in [2.24, 2.45) is 0 Å². The van der Waals surface area contributed by atoms with E-state index in [1.807, 2.05) is 0 Å². The molecule has 0 radical (unpaired) electrons. The molecule has 1 saturated carbocycles. The Labute approximate surface area is 110 Å². The van der Waals surface area contributed by atoms with Crippen LogP contribution in [0.15, 0.2) is 12.1 Å². The van der Waals surface area contributed by atoms with Gasteiger partial charge in [-0.25, -0.2) is 0 Å². The van der Waals surface area contributed by atoms with Crippen molar-refractivity contribution < 1.29 is 5.11 Å². The Morgan fingerprint density at radius 1 is 1.17 bits per heavy atom. The zero-order valence-electron chi connectivity index (χ0n) is 12.0. The molecule has 1 unspecified atom stereocenters. The van der Waals surface area contributed by atoms with Crippen LogP contribution in [0.1, 0.15) is 54.5 Å². The second kappa shape index (κ2) is 5.02. The van der Waals surface area contributed by atoms with E-state index < -0.39 is 5.60 Å². The molecule has 2 N–H and O–H groups in total. The van der Waals surface area contributed by atoms with Gasteiger partial charge in [0.25, 0.3) is 0 Å². The van der Waals surface area contributed by atoms with E-state index in [9.17, 15) is 5.11 Å². The summed E-state index contributed by atoms with van der Waals surface area (Å²) >= 11 is 0. The Bertz CT molecular complexity index is 435. The van der Waals surface area contributed by atoms with Crippen molar-refractivity contribution in [2.75, 3.05) is 6.54 Å². The van der Waals surface area contributed by atoms with Crippen LogP contribution in [-0.4, -0.2) is 17.3 Å². The summed E-state index contributed by atoms with van der Waals surface area (Å²) < 4.78 is 0. The highest BCUT2D eigenvalue weighted by Crippen LogP contribution is 2.31. The molecule has 1 aliphatic rings. The average Bonchev–Trinajstić information content (AvgIpc) is 2.28. The predicted molar refractivity (Wildman–Crippen MR) is 75.9 cm³/mol. The van der Waals surface area contributed by atoms with Crippen LogP contribution in [0.3, 0.4) is 0 Å². The average molecular weight is 247 g/mol. The Balaban J connectivity index is 2.04. The Morgan fingerprint density at radius 2 is 1.78 bits per heavy atom. The van der Waals surface area contributed by atoms with Crippen LogP contribution in [0, 0.1) is 20.8 Å². The fourth-order valence-electron chi connectivity index (χ4n) is 2.66. The number of hydrogen-bond acceptors (Lipinski definition) is 2. The van der Waals surface area contributed by atoms with Gasteiger partial charge in [0.15, 0.2) is 0 Å². The van der Waals surface area contributed by atoms with E-state index in [4.69, 9.17) is 0 Å². The first-order valence-electron chi connectivity index (χ1n) is 6.95. The largest absolute Gasteiger partial charge is 0.389 e. The van der Waals surface area contributed by atoms with Gasteiger partial charge < -0.3 is 10.4 Å². The topological polar surface area (TPSA) is 32.3 Å². The molecule has 0 saturated heterocycles. The number of nitrogens with one attached hydrogen (secondary N) is 1. The summed E-state index contributed by atoms with van der Waals surface area (Å²) in [6, 6.07) is 4.82. The highest BCUT2D eigenvalue weighted by atomic mass is 16.3. The van der Waals surface area contributed by atoms with Gasteiger partial charge in [-0.05, 0) is 69.2 Å². The van der Waals surface area contributed by atoms with Crippen molar-refractivity contribution >= 4 is 0 Å². The first kappa shape index (κ1) is 13.6. The minimum atomic E-state index is -0.443. The minimum absolute atomic E-state index is 0.300. The van der Waals surface area contributed by atoms with Crippen molar-refractivity contribution in [3.05, 3.63) is 34.4 Å². The molecule has 1 aliphatic carbocycles. The number of aliphatic hydroxyl groups is 1. The summed E-state index contributed by atoms with van der Waals surface area (Å²) in [5.41, 5.74) is 4.93. The van der Waals surface area contributed by atoms with Gasteiger partial charge in [-0.15, -0.1) is 0 Å². The lowest BCUT2D eigenvalue weighted by Gasteiger charge is -2.37. The van der Waals surface area contributed by atoms with E-state index in [1.54, 1.807) is 0 Å². The molecule has 2 rings (SSSR count). The lowest BCUT2D eigenvalue weighted by atomic mass is 9.80. The second-order valence-corrected chi connectivity index (χ2v) is 5.97. The van der Waals surface area contributed by atoms with Gasteiger partial charge in [0.2, 0.25) is 0 Å². The van der Waals surface area contributed by atoms with Crippen LogP contribution < -0.4 is 5.32 Å². The molecule has 18 heavy (non-hydrogen) atoms. The Kier molecular flexibility index (Phi) is 3.79. The fourth-order valence-corrected chi connectivity index (χ4v) is 2.66. The third-order valence-corrected chi connectivity index (χ3v) is 4.37. The summed E-state index contributed by atoms with van der Waals surface area (Å²) in [7, 11) is 0. The smallest absolute Gasteiger partial charge is 0.0771 e. The molecule has 1 aromatic rings. The molecule has 0 aliphatic heterocycles. The van der Waals surface area contributed by atoms with Crippen molar-refractivity contribution in [3.63, 3.8) is 0 Å². The standard InChI is InChI=1S/C16H25NO/c1-11-8-13(3)15(9-12(11)2)14(4)17-10-16(18)6-5-7-16/h8-9,14,17-18H,5-7,10H2,1-4H3. The zero-order chi connectivity index (χ0) is 13.3. The van der Waals surface area contributed by atoms with Crippen LogP contribution >= 0.6 is 0 Å². The normalized spacial score (nSPS) is 19.4. The van der Waals surface area contributed by atoms with Crippen molar-refractivity contribution in [2.45, 2.75) is 58.6 Å². The van der Waals surface area contributed by atoms with Gasteiger partial charge >= 0.3 is 0 Å². The van der Waals surface area contributed by atoms with E-state index in [0.29, 0.717) is 12.6 Å². The summed E-state index contributed by atoms with van der Waals surface area (Å²) in [5.74, 6) is 0. The van der Waals surface area contributed by atoms with Crippen molar-refractivity contribution in [3.8, 4) is 0 Å². The molecule has 0 aromatic heterocycles. The molecule has 0 spiro atoms. The van der Waals surface area contributed by atoms with E-state index in [1.165, 1.54) is 22.3 Å². The van der Waals surface area contributed by atoms with E-state index >= 15 is 0 Å². The first-order chi connectivity index (χ1) is 8.41. The maximum atomic E-state index is 10.1. The molecule has 2 heteroatoms. The maximum Gasteiger partial charge on any atom is 0.0771 e. The summed E-state index contributed by atoms with van der Waals surface area (Å²) in [4.78, 5) is 0. The number of hydrogen-bond donors (Lipinski definition) is 2. The number of benzene rings is 1. The van der Waals surface area contributed by atoms with Gasteiger partial charge in [-0.2, -0.15) is 0 Å². The van der Waals surface area contributed by atoms with E-state index in [2.05, 4.69) is 45.1 Å². The Morgan fingerprint density at radius 3 is 2.33 bits per heavy atom. The Hall–Kier alpha value is -0.860. The fraction of sp³-hybridized carbons (Fsp3) is 0.625. The summed E-state index contributed by atoms with van der Waals surface area (Å²) in [6.07, 6.45) is 3.05. The minimum Gasteiger partial charge on any atom is -0.389 e. The summed E-state index contributed by atoms with van der Waals surface area (Å²) in [5, 5.41) is 13.6. The third kappa shape index (κ3) is 2.76. The number of aryl methyl sites for hydroxylation is 3. The van der Waals surface area contributed by atoms with Crippen molar-refractivity contribution in [1.29, 1.82) is 0 Å². The molecule has 1 atom stereocenters. The van der Waals surface area contributed by atoms with E-state index in [-0.39, 0.29) is 0 Å². The lowest BCUT2D eigenvalue weighted by Crippen LogP contribution is -2.46. The SMILES string of the molecule is Cc1cc(C)c(C(C)NCC2(O)CCC2)cc1C. The number of rotatable bonds is 4. The zero-order valence-corrected chi connectivity index (χ0v) is 12.0. The third-order valence-electron chi connectivity index (χ3n) is 4.37. The molecule has 2 nitrogen and oxygen atoms in total. The second-order valence-electron chi connectivity index (χ2n) is 5.97. The molecule has 100 valence electrons.